The van der Waals surface area contributed by atoms with Crippen molar-refractivity contribution in [3.63, 3.8) is 0 Å². The van der Waals surface area contributed by atoms with E-state index in [4.69, 9.17) is 0 Å². The number of carbonyl (C=O) groups is 1. The Balaban J connectivity index is 2.70. The van der Waals surface area contributed by atoms with E-state index in [2.05, 4.69) is 17.5 Å². The second-order valence-corrected chi connectivity index (χ2v) is 2.25. The van der Waals surface area contributed by atoms with Crippen LogP contribution in [0.25, 0.3) is 0 Å². The summed E-state index contributed by atoms with van der Waals surface area (Å²) >= 11 is 4.41. The molecule has 0 saturated carbocycles. The number of amides is 1. The Bertz CT molecular complexity index is 194. The molecule has 1 aliphatic rings. The summed E-state index contributed by atoms with van der Waals surface area (Å²) in [6, 6.07) is 0. The molecule has 0 radical (unpaired) electrons. The van der Waals surface area contributed by atoms with Gasteiger partial charge in [-0.15, -0.1) is 0 Å². The molecule has 1 rings (SSSR count). The first-order chi connectivity index (χ1) is 4.52. The molecule has 0 atom stereocenters. The first-order valence-electron chi connectivity index (χ1n) is 2.49. The summed E-state index contributed by atoms with van der Waals surface area (Å²) in [6.07, 6.45) is 0. The third-order valence-corrected chi connectivity index (χ3v) is 1.28. The summed E-state index contributed by atoms with van der Waals surface area (Å²) < 4.78 is 24.5. The zero-order valence-corrected chi connectivity index (χ0v) is 5.60. The van der Waals surface area contributed by atoms with E-state index in [-0.39, 0.29) is 5.11 Å². The first kappa shape index (κ1) is 7.33. The third-order valence-electron chi connectivity index (χ3n) is 1.03. The Morgan fingerprint density at radius 3 is 2.60 bits per heavy atom. The van der Waals surface area contributed by atoms with Gasteiger partial charge in [0.2, 0.25) is 0 Å². The van der Waals surface area contributed by atoms with Gasteiger partial charge in [-0.1, -0.05) is 0 Å². The second kappa shape index (κ2) is 2.12. The van der Waals surface area contributed by atoms with E-state index < -0.39 is 18.4 Å². The number of halogens is 2. The average Bonchev–Trinajstić information content (AvgIpc) is 1.81. The van der Waals surface area contributed by atoms with Crippen molar-refractivity contribution in [2.45, 2.75) is 5.92 Å². The Kier molecular flexibility index (Phi) is 1.55. The lowest BCUT2D eigenvalue weighted by atomic mass is 10.3. The summed E-state index contributed by atoms with van der Waals surface area (Å²) in [5, 5.41) is 3.91. The molecule has 0 aromatic rings. The number of nitrogens with one attached hydrogen (secondary N) is 2. The highest BCUT2D eigenvalue weighted by Crippen LogP contribution is 2.13. The zero-order chi connectivity index (χ0) is 7.78. The minimum Gasteiger partial charge on any atom is -0.356 e. The van der Waals surface area contributed by atoms with Crippen molar-refractivity contribution in [3.8, 4) is 0 Å². The van der Waals surface area contributed by atoms with Crippen LogP contribution in [-0.2, 0) is 4.79 Å². The Morgan fingerprint density at radius 1 is 1.60 bits per heavy atom. The number of hydrogen-bond donors (Lipinski definition) is 2. The summed E-state index contributed by atoms with van der Waals surface area (Å²) in [4.78, 5) is 10.3. The topological polar surface area (TPSA) is 41.1 Å². The van der Waals surface area contributed by atoms with Crippen LogP contribution in [0.1, 0.15) is 0 Å². The van der Waals surface area contributed by atoms with Gasteiger partial charge >= 0.3 is 5.92 Å². The van der Waals surface area contributed by atoms with Crippen LogP contribution in [-0.4, -0.2) is 23.5 Å². The highest BCUT2D eigenvalue weighted by atomic mass is 32.1. The number of carbonyl (C=O) groups excluding carboxylic acids is 1. The quantitative estimate of drug-likeness (QED) is 0.482. The van der Waals surface area contributed by atoms with Crippen LogP contribution in [0.5, 0.6) is 0 Å². The van der Waals surface area contributed by atoms with Gasteiger partial charge in [-0.2, -0.15) is 8.78 Å². The summed E-state index contributed by atoms with van der Waals surface area (Å²) in [5.74, 6) is -4.67. The van der Waals surface area contributed by atoms with Crippen LogP contribution in [0.15, 0.2) is 0 Å². The van der Waals surface area contributed by atoms with E-state index >= 15 is 0 Å². The van der Waals surface area contributed by atoms with Gasteiger partial charge in [0.25, 0.3) is 5.91 Å². The summed E-state index contributed by atoms with van der Waals surface area (Å²) in [6.45, 7) is -0.711. The molecule has 1 fully saturated rings. The molecule has 1 amide bonds. The van der Waals surface area contributed by atoms with Crippen molar-refractivity contribution in [1.29, 1.82) is 0 Å². The Labute approximate surface area is 60.8 Å². The van der Waals surface area contributed by atoms with Crippen molar-refractivity contribution in [2.75, 3.05) is 6.54 Å². The zero-order valence-electron chi connectivity index (χ0n) is 4.78. The van der Waals surface area contributed by atoms with Crippen LogP contribution in [0.3, 0.4) is 0 Å². The smallest absolute Gasteiger partial charge is 0.341 e. The highest BCUT2D eigenvalue weighted by Gasteiger charge is 2.42. The fourth-order valence-corrected chi connectivity index (χ4v) is 0.675. The normalized spacial score (nSPS) is 23.4. The van der Waals surface area contributed by atoms with Crippen molar-refractivity contribution in [2.24, 2.45) is 0 Å². The average molecular weight is 166 g/mol. The van der Waals surface area contributed by atoms with Crippen LogP contribution in [0, 0.1) is 0 Å². The maximum absolute atomic E-state index is 12.2. The number of thiocarbonyl (C=S) groups is 1. The van der Waals surface area contributed by atoms with Crippen LogP contribution in [0.4, 0.5) is 8.78 Å². The lowest BCUT2D eigenvalue weighted by Crippen LogP contribution is -2.58. The first-order valence-corrected chi connectivity index (χ1v) is 2.90. The maximum Gasteiger partial charge on any atom is 0.341 e. The predicted molar refractivity (Wildman–Crippen MR) is 33.7 cm³/mol. The largest absolute Gasteiger partial charge is 0.356 e. The predicted octanol–water partition coefficient (Wildman–Crippen LogP) is -0.374. The molecular formula is C4H4F2N2OS. The fraction of sp³-hybridized carbons (Fsp3) is 0.500. The van der Waals surface area contributed by atoms with Crippen LogP contribution in [0.2, 0.25) is 0 Å². The Morgan fingerprint density at radius 2 is 2.20 bits per heavy atom. The molecule has 1 saturated heterocycles. The molecule has 56 valence electrons. The van der Waals surface area contributed by atoms with Crippen molar-refractivity contribution in [3.05, 3.63) is 0 Å². The highest BCUT2D eigenvalue weighted by molar-refractivity contribution is 7.80. The molecule has 0 aromatic heterocycles. The van der Waals surface area contributed by atoms with Crippen LogP contribution >= 0.6 is 12.2 Å². The molecule has 10 heavy (non-hydrogen) atoms. The van der Waals surface area contributed by atoms with E-state index in [0.29, 0.717) is 0 Å². The molecular weight excluding hydrogens is 162 g/mol. The van der Waals surface area contributed by atoms with Crippen molar-refractivity contribution in [1.82, 2.24) is 10.6 Å². The van der Waals surface area contributed by atoms with Gasteiger partial charge in [0.05, 0.1) is 6.54 Å². The maximum atomic E-state index is 12.2. The van der Waals surface area contributed by atoms with Gasteiger partial charge in [0.15, 0.2) is 5.11 Å². The Hall–Kier alpha value is -0.780. The van der Waals surface area contributed by atoms with E-state index in [9.17, 15) is 13.6 Å². The van der Waals surface area contributed by atoms with E-state index in [1.807, 2.05) is 0 Å². The molecule has 0 spiro atoms. The van der Waals surface area contributed by atoms with E-state index in [1.165, 1.54) is 0 Å². The van der Waals surface area contributed by atoms with Gasteiger partial charge in [-0.05, 0) is 12.2 Å². The molecule has 3 nitrogen and oxygen atoms in total. The molecule has 1 heterocycles. The second-order valence-electron chi connectivity index (χ2n) is 1.84. The fourth-order valence-electron chi connectivity index (χ4n) is 0.510. The van der Waals surface area contributed by atoms with Gasteiger partial charge in [-0.25, -0.2) is 0 Å². The molecule has 0 aromatic carbocycles. The molecule has 0 aliphatic carbocycles. The molecule has 2 N–H and O–H groups in total. The lowest BCUT2D eigenvalue weighted by molar-refractivity contribution is -0.144. The summed E-state index contributed by atoms with van der Waals surface area (Å²) in [7, 11) is 0. The number of alkyl halides is 2. The number of rotatable bonds is 0. The standard InChI is InChI=1S/C4H4F2N2OS/c5-4(6)1-7-3(10)8-2(4)9/h1H2,(H2,7,8,9,10). The van der Waals surface area contributed by atoms with Gasteiger partial charge in [0, 0.05) is 0 Å². The van der Waals surface area contributed by atoms with Crippen molar-refractivity contribution < 1.29 is 13.6 Å². The van der Waals surface area contributed by atoms with E-state index in [0.717, 1.165) is 0 Å². The van der Waals surface area contributed by atoms with Gasteiger partial charge < -0.3 is 5.32 Å². The minimum absolute atomic E-state index is 0.0454. The SMILES string of the molecule is O=C1NC(=S)NCC1(F)F. The molecule has 6 heteroatoms. The summed E-state index contributed by atoms with van der Waals surface area (Å²) in [5.41, 5.74) is 0. The molecule has 0 unspecified atom stereocenters. The minimum atomic E-state index is -3.33. The van der Waals surface area contributed by atoms with Gasteiger partial charge in [0.1, 0.15) is 0 Å². The van der Waals surface area contributed by atoms with Crippen molar-refractivity contribution >= 4 is 23.2 Å². The lowest BCUT2D eigenvalue weighted by Gasteiger charge is -2.22. The van der Waals surface area contributed by atoms with E-state index in [1.54, 1.807) is 5.32 Å². The third kappa shape index (κ3) is 1.21. The van der Waals surface area contributed by atoms with Crippen LogP contribution < -0.4 is 10.6 Å². The molecule has 1 aliphatic heterocycles. The molecule has 0 bridgehead atoms. The number of hydrogen-bond acceptors (Lipinski definition) is 2. The monoisotopic (exact) mass is 166 g/mol. The van der Waals surface area contributed by atoms with Gasteiger partial charge in [-0.3, -0.25) is 10.1 Å².